The minimum absolute atomic E-state index is 0.144. The Labute approximate surface area is 49.8 Å². The summed E-state index contributed by atoms with van der Waals surface area (Å²) in [5.74, 6) is 2.40. The van der Waals surface area contributed by atoms with Gasteiger partial charge in [0.25, 0.3) is 0 Å². The van der Waals surface area contributed by atoms with E-state index in [9.17, 15) is 0 Å². The Bertz CT molecular complexity index is 83.0. The molecule has 0 aliphatic heterocycles. The van der Waals surface area contributed by atoms with Crippen LogP contribution in [0.1, 0.15) is 6.92 Å². The number of ether oxygens (including phenoxy) is 2. The van der Waals surface area contributed by atoms with Crippen molar-refractivity contribution in [3.05, 3.63) is 0 Å². The van der Waals surface area contributed by atoms with Crippen molar-refractivity contribution in [2.75, 3.05) is 13.9 Å². The zero-order valence-electron chi connectivity index (χ0n) is 5.18. The van der Waals surface area contributed by atoms with Gasteiger partial charge < -0.3 is 9.47 Å². The van der Waals surface area contributed by atoms with Gasteiger partial charge >= 0.3 is 0 Å². The summed E-state index contributed by atoms with van der Waals surface area (Å²) in [4.78, 5) is 0. The van der Waals surface area contributed by atoms with Crippen LogP contribution in [0.4, 0.5) is 0 Å². The SMILES string of the molecule is C#CC(C)OCOC. The van der Waals surface area contributed by atoms with E-state index in [1.54, 1.807) is 14.0 Å². The van der Waals surface area contributed by atoms with E-state index in [0.29, 0.717) is 0 Å². The molecule has 2 heteroatoms. The second kappa shape index (κ2) is 4.63. The van der Waals surface area contributed by atoms with Crippen LogP contribution in [-0.4, -0.2) is 20.0 Å². The fraction of sp³-hybridized carbons (Fsp3) is 0.667. The maximum atomic E-state index is 4.98. The standard InChI is InChI=1S/C6H10O2/c1-4-6(2)8-5-7-3/h1,6H,5H2,2-3H3. The quantitative estimate of drug-likeness (QED) is 0.395. The zero-order valence-corrected chi connectivity index (χ0v) is 5.18. The molecule has 46 valence electrons. The third kappa shape index (κ3) is 3.66. The van der Waals surface area contributed by atoms with Gasteiger partial charge in [0.15, 0.2) is 0 Å². The molecule has 0 heterocycles. The molecule has 0 saturated heterocycles. The third-order valence-corrected chi connectivity index (χ3v) is 0.671. The van der Waals surface area contributed by atoms with E-state index >= 15 is 0 Å². The van der Waals surface area contributed by atoms with Crippen molar-refractivity contribution < 1.29 is 9.47 Å². The molecule has 0 aliphatic rings. The highest BCUT2D eigenvalue weighted by Crippen LogP contribution is 1.85. The molecule has 0 rings (SSSR count). The van der Waals surface area contributed by atoms with Crippen LogP contribution >= 0.6 is 0 Å². The van der Waals surface area contributed by atoms with Gasteiger partial charge in [0.1, 0.15) is 12.9 Å². The van der Waals surface area contributed by atoms with Crippen molar-refractivity contribution in [1.29, 1.82) is 0 Å². The highest BCUT2D eigenvalue weighted by Gasteiger charge is 1.91. The number of hydrogen-bond donors (Lipinski definition) is 0. The summed E-state index contributed by atoms with van der Waals surface area (Å²) in [6, 6.07) is 0. The molecular weight excluding hydrogens is 104 g/mol. The lowest BCUT2D eigenvalue weighted by atomic mass is 10.4. The molecule has 0 aromatic rings. The largest absolute Gasteiger partial charge is 0.359 e. The fourth-order valence-corrected chi connectivity index (χ4v) is 0.218. The van der Waals surface area contributed by atoms with Crippen molar-refractivity contribution in [3.63, 3.8) is 0 Å². The van der Waals surface area contributed by atoms with E-state index in [1.807, 2.05) is 0 Å². The number of terminal acetylenes is 1. The molecule has 1 atom stereocenters. The Morgan fingerprint density at radius 2 is 2.38 bits per heavy atom. The van der Waals surface area contributed by atoms with E-state index in [-0.39, 0.29) is 12.9 Å². The zero-order chi connectivity index (χ0) is 6.41. The highest BCUT2D eigenvalue weighted by atomic mass is 16.7. The summed E-state index contributed by atoms with van der Waals surface area (Å²) in [7, 11) is 1.56. The van der Waals surface area contributed by atoms with Gasteiger partial charge in [-0.2, -0.15) is 0 Å². The molecule has 0 N–H and O–H groups in total. The lowest BCUT2D eigenvalue weighted by molar-refractivity contribution is -0.0465. The Morgan fingerprint density at radius 3 is 2.75 bits per heavy atom. The molecule has 0 radical (unpaired) electrons. The van der Waals surface area contributed by atoms with Crippen LogP contribution in [0.2, 0.25) is 0 Å². The molecule has 0 aliphatic carbocycles. The summed E-state index contributed by atoms with van der Waals surface area (Å²) in [5, 5.41) is 0. The summed E-state index contributed by atoms with van der Waals surface area (Å²) in [6.07, 6.45) is 4.84. The first-order valence-corrected chi connectivity index (χ1v) is 2.38. The molecule has 0 bridgehead atoms. The molecular formula is C6H10O2. The average molecular weight is 114 g/mol. The van der Waals surface area contributed by atoms with Crippen molar-refractivity contribution in [3.8, 4) is 12.3 Å². The average Bonchev–Trinajstić information content (AvgIpc) is 1.83. The predicted octanol–water partition coefficient (Wildman–Crippen LogP) is 0.629. The van der Waals surface area contributed by atoms with Crippen LogP contribution in [-0.2, 0) is 9.47 Å². The van der Waals surface area contributed by atoms with Crippen LogP contribution in [0, 0.1) is 12.3 Å². The van der Waals surface area contributed by atoms with Crippen LogP contribution in [0.3, 0.4) is 0 Å². The Balaban J connectivity index is 3.02. The summed E-state index contributed by atoms with van der Waals surface area (Å²) >= 11 is 0. The van der Waals surface area contributed by atoms with E-state index in [2.05, 4.69) is 10.7 Å². The second-order valence-electron chi connectivity index (χ2n) is 1.38. The number of methoxy groups -OCH3 is 1. The van der Waals surface area contributed by atoms with Gasteiger partial charge in [-0.25, -0.2) is 0 Å². The maximum Gasteiger partial charge on any atom is 0.148 e. The lowest BCUT2D eigenvalue weighted by Crippen LogP contribution is -2.06. The van der Waals surface area contributed by atoms with Gasteiger partial charge in [-0.15, -0.1) is 6.42 Å². The fourth-order valence-electron chi connectivity index (χ4n) is 0.218. The van der Waals surface area contributed by atoms with Crippen LogP contribution < -0.4 is 0 Å². The number of rotatable bonds is 3. The first-order chi connectivity index (χ1) is 3.81. The van der Waals surface area contributed by atoms with Crippen LogP contribution in [0.15, 0.2) is 0 Å². The second-order valence-corrected chi connectivity index (χ2v) is 1.38. The van der Waals surface area contributed by atoms with Crippen molar-refractivity contribution in [2.45, 2.75) is 13.0 Å². The van der Waals surface area contributed by atoms with Crippen molar-refractivity contribution in [2.24, 2.45) is 0 Å². The molecule has 2 nitrogen and oxygen atoms in total. The van der Waals surface area contributed by atoms with E-state index < -0.39 is 0 Å². The first-order valence-electron chi connectivity index (χ1n) is 2.38. The summed E-state index contributed by atoms with van der Waals surface area (Å²) in [6.45, 7) is 2.06. The number of hydrogen-bond acceptors (Lipinski definition) is 2. The van der Waals surface area contributed by atoms with Crippen LogP contribution in [0.25, 0.3) is 0 Å². The molecule has 0 aromatic carbocycles. The maximum absolute atomic E-state index is 4.98. The topological polar surface area (TPSA) is 18.5 Å². The highest BCUT2D eigenvalue weighted by molar-refractivity contribution is 4.91. The van der Waals surface area contributed by atoms with Gasteiger partial charge in [-0.05, 0) is 6.92 Å². The smallest absolute Gasteiger partial charge is 0.148 e. The molecule has 1 unspecified atom stereocenters. The van der Waals surface area contributed by atoms with Gasteiger partial charge in [0.05, 0.1) is 0 Å². The molecule has 0 saturated carbocycles. The normalized spacial score (nSPS) is 12.6. The van der Waals surface area contributed by atoms with E-state index in [0.717, 1.165) is 0 Å². The Morgan fingerprint density at radius 1 is 1.75 bits per heavy atom. The summed E-state index contributed by atoms with van der Waals surface area (Å²) < 4.78 is 9.48. The van der Waals surface area contributed by atoms with Gasteiger partial charge in [0.2, 0.25) is 0 Å². The molecule has 0 amide bonds. The summed E-state index contributed by atoms with van der Waals surface area (Å²) in [5.41, 5.74) is 0. The minimum Gasteiger partial charge on any atom is -0.359 e. The minimum atomic E-state index is -0.144. The molecule has 0 fully saturated rings. The van der Waals surface area contributed by atoms with Crippen molar-refractivity contribution >= 4 is 0 Å². The Kier molecular flexibility index (Phi) is 4.33. The lowest BCUT2D eigenvalue weighted by Gasteiger charge is -2.02. The van der Waals surface area contributed by atoms with Gasteiger partial charge in [-0.3, -0.25) is 0 Å². The predicted molar refractivity (Wildman–Crippen MR) is 31.3 cm³/mol. The monoisotopic (exact) mass is 114 g/mol. The molecule has 0 aromatic heterocycles. The third-order valence-electron chi connectivity index (χ3n) is 0.671. The van der Waals surface area contributed by atoms with Crippen molar-refractivity contribution in [1.82, 2.24) is 0 Å². The van der Waals surface area contributed by atoms with E-state index in [1.165, 1.54) is 0 Å². The van der Waals surface area contributed by atoms with E-state index in [4.69, 9.17) is 11.2 Å². The van der Waals surface area contributed by atoms with Crippen LogP contribution in [0.5, 0.6) is 0 Å². The van der Waals surface area contributed by atoms with Gasteiger partial charge in [-0.1, -0.05) is 5.92 Å². The Hall–Kier alpha value is -0.520. The molecule has 0 spiro atoms. The first kappa shape index (κ1) is 7.48. The van der Waals surface area contributed by atoms with Gasteiger partial charge in [0, 0.05) is 7.11 Å². The molecule has 8 heavy (non-hydrogen) atoms.